The number of fused-ring (bicyclic) bond motifs is 1. The van der Waals surface area contributed by atoms with Gasteiger partial charge in [0.2, 0.25) is 5.88 Å². The molecule has 4 heterocycles. The van der Waals surface area contributed by atoms with Crippen molar-refractivity contribution in [3.63, 3.8) is 0 Å². The van der Waals surface area contributed by atoms with Crippen molar-refractivity contribution in [3.8, 4) is 23.0 Å². The Bertz CT molecular complexity index is 1100. The van der Waals surface area contributed by atoms with E-state index in [-0.39, 0.29) is 11.6 Å². The summed E-state index contributed by atoms with van der Waals surface area (Å²) < 4.78 is 7.85. The van der Waals surface area contributed by atoms with E-state index in [0.717, 1.165) is 16.8 Å². The number of pyridine rings is 1. The molecule has 124 valence electrons. The minimum absolute atomic E-state index is 0.232. The maximum Gasteiger partial charge on any atom is 0.356 e. The van der Waals surface area contributed by atoms with Gasteiger partial charge in [0, 0.05) is 41.5 Å². The lowest BCUT2D eigenvalue weighted by Gasteiger charge is -2.04. The summed E-state index contributed by atoms with van der Waals surface area (Å²) in [5.41, 5.74) is 2.96. The molecule has 0 radical (unpaired) electrons. The third-order valence-electron chi connectivity index (χ3n) is 3.95. The quantitative estimate of drug-likeness (QED) is 0.566. The van der Waals surface area contributed by atoms with Crippen LogP contribution in [0, 0.1) is 6.92 Å². The van der Waals surface area contributed by atoms with Gasteiger partial charge < -0.3 is 4.74 Å². The molecule has 0 saturated carbocycles. The van der Waals surface area contributed by atoms with Crippen LogP contribution in [0.5, 0.6) is 5.88 Å². The first-order valence-corrected chi connectivity index (χ1v) is 7.57. The molecule has 4 rings (SSSR count). The first kappa shape index (κ1) is 15.0. The van der Waals surface area contributed by atoms with Gasteiger partial charge in [-0.05, 0) is 25.1 Å². The first-order chi connectivity index (χ1) is 12.2. The molecule has 4 aromatic heterocycles. The van der Waals surface area contributed by atoms with E-state index in [1.165, 1.54) is 4.68 Å². The van der Waals surface area contributed by atoms with Gasteiger partial charge in [-0.2, -0.15) is 5.10 Å². The van der Waals surface area contributed by atoms with Gasteiger partial charge in [0.05, 0.1) is 18.8 Å². The Hall–Kier alpha value is -3.55. The molecule has 25 heavy (non-hydrogen) atoms. The standard InChI is InChI=1S/C17H14N6O2/c1-11-14(12-4-5-15(25-2)20-9-12)8-13-10-21-23(17(24)22(11)13)16-18-6-3-7-19-16/h3-10H,1-2H3. The second kappa shape index (κ2) is 5.82. The fourth-order valence-electron chi connectivity index (χ4n) is 2.73. The lowest BCUT2D eigenvalue weighted by Crippen LogP contribution is -2.29. The van der Waals surface area contributed by atoms with Crippen molar-refractivity contribution < 1.29 is 4.74 Å². The molecule has 0 N–H and O–H groups in total. The molecular weight excluding hydrogens is 320 g/mol. The molecule has 0 saturated heterocycles. The number of hydrogen-bond donors (Lipinski definition) is 0. The van der Waals surface area contributed by atoms with Crippen molar-refractivity contribution in [1.29, 1.82) is 0 Å². The van der Waals surface area contributed by atoms with Crippen molar-refractivity contribution >= 4 is 5.52 Å². The van der Waals surface area contributed by atoms with Crippen molar-refractivity contribution in [2.45, 2.75) is 6.92 Å². The first-order valence-electron chi connectivity index (χ1n) is 7.57. The van der Waals surface area contributed by atoms with Crippen molar-refractivity contribution in [1.82, 2.24) is 29.1 Å². The van der Waals surface area contributed by atoms with Crippen LogP contribution in [0.2, 0.25) is 0 Å². The molecule has 4 aromatic rings. The van der Waals surface area contributed by atoms with E-state index in [1.807, 2.05) is 19.1 Å². The van der Waals surface area contributed by atoms with Crippen LogP contribution in [0.25, 0.3) is 22.6 Å². The summed E-state index contributed by atoms with van der Waals surface area (Å²) in [7, 11) is 1.57. The molecule has 0 aliphatic carbocycles. The number of hydrogen-bond acceptors (Lipinski definition) is 6. The van der Waals surface area contributed by atoms with Crippen LogP contribution < -0.4 is 10.4 Å². The topological polar surface area (TPSA) is 87.2 Å². The van der Waals surface area contributed by atoms with Crippen LogP contribution in [-0.4, -0.2) is 36.2 Å². The number of methoxy groups -OCH3 is 1. The molecule has 0 aliphatic rings. The predicted molar refractivity (Wildman–Crippen MR) is 90.9 cm³/mol. The van der Waals surface area contributed by atoms with Crippen LogP contribution in [0.15, 0.2) is 53.8 Å². The summed E-state index contributed by atoms with van der Waals surface area (Å²) in [6.45, 7) is 1.88. The Morgan fingerprint density at radius 1 is 1.08 bits per heavy atom. The number of aryl methyl sites for hydroxylation is 1. The van der Waals surface area contributed by atoms with E-state index < -0.39 is 0 Å². The van der Waals surface area contributed by atoms with Crippen molar-refractivity contribution in [2.75, 3.05) is 7.11 Å². The van der Waals surface area contributed by atoms with Crippen LogP contribution >= 0.6 is 0 Å². The number of ether oxygens (including phenoxy) is 1. The number of nitrogens with zero attached hydrogens (tertiary/aromatic N) is 6. The summed E-state index contributed by atoms with van der Waals surface area (Å²) in [6, 6.07) is 7.28. The number of rotatable bonds is 3. The summed E-state index contributed by atoms with van der Waals surface area (Å²) >= 11 is 0. The zero-order chi connectivity index (χ0) is 17.4. The molecule has 0 fully saturated rings. The Morgan fingerprint density at radius 3 is 2.56 bits per heavy atom. The maximum absolute atomic E-state index is 12.8. The lowest BCUT2D eigenvalue weighted by molar-refractivity contribution is 0.398. The van der Waals surface area contributed by atoms with E-state index in [9.17, 15) is 4.79 Å². The molecule has 0 spiro atoms. The Labute approximate surface area is 142 Å². The van der Waals surface area contributed by atoms with E-state index >= 15 is 0 Å². The Morgan fingerprint density at radius 2 is 1.88 bits per heavy atom. The molecule has 0 bridgehead atoms. The monoisotopic (exact) mass is 334 g/mol. The van der Waals surface area contributed by atoms with Gasteiger partial charge in [-0.25, -0.2) is 19.7 Å². The highest BCUT2D eigenvalue weighted by Crippen LogP contribution is 2.26. The highest BCUT2D eigenvalue weighted by atomic mass is 16.5. The van der Waals surface area contributed by atoms with E-state index in [0.29, 0.717) is 11.4 Å². The van der Waals surface area contributed by atoms with E-state index in [4.69, 9.17) is 4.74 Å². The Balaban J connectivity index is 1.90. The SMILES string of the molecule is COc1ccc(-c2cc3cnn(-c4ncccn4)c(=O)n3c2C)cn1. The smallest absolute Gasteiger partial charge is 0.356 e. The van der Waals surface area contributed by atoms with E-state index in [2.05, 4.69) is 20.1 Å². The van der Waals surface area contributed by atoms with Gasteiger partial charge in [-0.1, -0.05) is 0 Å². The second-order valence-corrected chi connectivity index (χ2v) is 5.38. The molecule has 0 atom stereocenters. The summed E-state index contributed by atoms with van der Waals surface area (Å²) in [5.74, 6) is 0.769. The third kappa shape index (κ3) is 2.44. The lowest BCUT2D eigenvalue weighted by atomic mass is 10.1. The fraction of sp³-hybridized carbons (Fsp3) is 0.118. The molecule has 8 nitrogen and oxygen atoms in total. The summed E-state index contributed by atoms with van der Waals surface area (Å²) in [4.78, 5) is 25.2. The Kier molecular flexibility index (Phi) is 3.50. The molecule has 0 aliphatic heterocycles. The zero-order valence-corrected chi connectivity index (χ0v) is 13.6. The highest BCUT2D eigenvalue weighted by molar-refractivity contribution is 5.72. The number of aromatic nitrogens is 6. The highest BCUT2D eigenvalue weighted by Gasteiger charge is 2.14. The normalized spacial score (nSPS) is 11.0. The van der Waals surface area contributed by atoms with Gasteiger partial charge in [-0.15, -0.1) is 4.68 Å². The largest absolute Gasteiger partial charge is 0.481 e. The molecule has 8 heteroatoms. The van der Waals surface area contributed by atoms with Crippen LogP contribution in [0.4, 0.5) is 0 Å². The fourth-order valence-corrected chi connectivity index (χ4v) is 2.73. The van der Waals surface area contributed by atoms with Gasteiger partial charge in [0.1, 0.15) is 0 Å². The second-order valence-electron chi connectivity index (χ2n) is 5.38. The van der Waals surface area contributed by atoms with Gasteiger partial charge in [0.25, 0.3) is 5.95 Å². The molecule has 0 aromatic carbocycles. The average Bonchev–Trinajstić information content (AvgIpc) is 3.00. The molecule has 0 unspecified atom stereocenters. The summed E-state index contributed by atoms with van der Waals surface area (Å²) in [6.07, 6.45) is 6.47. The van der Waals surface area contributed by atoms with Gasteiger partial charge in [0.15, 0.2) is 0 Å². The maximum atomic E-state index is 12.8. The van der Waals surface area contributed by atoms with Crippen molar-refractivity contribution in [2.24, 2.45) is 0 Å². The third-order valence-corrected chi connectivity index (χ3v) is 3.95. The predicted octanol–water partition coefficient (Wildman–Crippen LogP) is 1.65. The van der Waals surface area contributed by atoms with Crippen molar-refractivity contribution in [3.05, 3.63) is 65.2 Å². The minimum atomic E-state index is -0.325. The van der Waals surface area contributed by atoms with Crippen LogP contribution in [-0.2, 0) is 0 Å². The van der Waals surface area contributed by atoms with Crippen LogP contribution in [0.1, 0.15) is 5.69 Å². The zero-order valence-electron chi connectivity index (χ0n) is 13.6. The summed E-state index contributed by atoms with van der Waals surface area (Å²) in [5, 5.41) is 4.17. The molecular formula is C17H14N6O2. The molecule has 0 amide bonds. The minimum Gasteiger partial charge on any atom is -0.481 e. The van der Waals surface area contributed by atoms with Crippen LogP contribution in [0.3, 0.4) is 0 Å². The van der Waals surface area contributed by atoms with E-state index in [1.54, 1.807) is 48.4 Å². The van der Waals surface area contributed by atoms with Gasteiger partial charge in [-0.3, -0.25) is 4.40 Å². The average molecular weight is 334 g/mol. The van der Waals surface area contributed by atoms with Gasteiger partial charge >= 0.3 is 5.69 Å².